The molecule has 3 atom stereocenters. The molecule has 0 amide bonds. The molecule has 2 aliphatic rings. The molecule has 0 radical (unpaired) electrons. The van der Waals surface area contributed by atoms with Crippen LogP contribution in [0.1, 0.15) is 24.0 Å². The number of hydrogen-bond donors (Lipinski definition) is 1. The Bertz CT molecular complexity index is 750. The van der Waals surface area contributed by atoms with Crippen molar-refractivity contribution in [3.63, 3.8) is 0 Å². The number of phenolic OH excluding ortho intramolecular Hbond substituents is 1. The molecule has 138 valence electrons. The Kier molecular flexibility index (Phi) is 4.70. The normalized spacial score (nSPS) is 28.4. The number of benzene rings is 2. The fourth-order valence-electron chi connectivity index (χ4n) is 4.80. The smallest absolute Gasteiger partial charge is 0.165 e. The number of halogens is 2. The third kappa shape index (κ3) is 3.75. The highest BCUT2D eigenvalue weighted by molar-refractivity contribution is 5.28. The second-order valence-electron chi connectivity index (χ2n) is 8.04. The first-order valence-corrected chi connectivity index (χ1v) is 9.43. The summed E-state index contributed by atoms with van der Waals surface area (Å²) in [5.41, 5.74) is 0.908. The molecule has 1 heterocycles. The van der Waals surface area contributed by atoms with Crippen LogP contribution in [0.15, 0.2) is 48.5 Å². The van der Waals surface area contributed by atoms with Crippen molar-refractivity contribution in [2.24, 2.45) is 11.8 Å². The SMILES string of the molecule is Oc1ccc(CCN2C[C@@H]3CC(F)(Cc4ccccc4)C[C@@H]3C2)cc1F. The number of alkyl halides is 1. The van der Waals surface area contributed by atoms with E-state index in [0.29, 0.717) is 31.1 Å². The number of fused-ring (bicyclic) bond motifs is 1. The highest BCUT2D eigenvalue weighted by atomic mass is 19.1. The summed E-state index contributed by atoms with van der Waals surface area (Å²) in [4.78, 5) is 2.38. The molecule has 2 aromatic rings. The molecule has 0 bridgehead atoms. The van der Waals surface area contributed by atoms with Gasteiger partial charge in [0.1, 0.15) is 5.67 Å². The molecule has 2 nitrogen and oxygen atoms in total. The highest BCUT2D eigenvalue weighted by Gasteiger charge is 2.49. The summed E-state index contributed by atoms with van der Waals surface area (Å²) in [7, 11) is 0. The molecule has 2 fully saturated rings. The lowest BCUT2D eigenvalue weighted by Crippen LogP contribution is -2.29. The first kappa shape index (κ1) is 17.5. The Hall–Kier alpha value is -1.94. The van der Waals surface area contributed by atoms with Crippen molar-refractivity contribution < 1.29 is 13.9 Å². The second-order valence-corrected chi connectivity index (χ2v) is 8.04. The van der Waals surface area contributed by atoms with Crippen molar-refractivity contribution in [2.45, 2.75) is 31.4 Å². The van der Waals surface area contributed by atoms with Gasteiger partial charge in [-0.25, -0.2) is 8.78 Å². The average Bonchev–Trinajstić information content (AvgIpc) is 3.11. The van der Waals surface area contributed by atoms with E-state index in [-0.39, 0.29) is 5.75 Å². The summed E-state index contributed by atoms with van der Waals surface area (Å²) in [6, 6.07) is 14.5. The maximum atomic E-state index is 15.3. The Labute approximate surface area is 153 Å². The fraction of sp³-hybridized carbons (Fsp3) is 0.455. The standard InChI is InChI=1S/C22H25F2NO/c23-20-10-16(6-7-21(20)26)8-9-25-14-18-12-22(24,13-19(18)15-25)11-17-4-2-1-3-5-17/h1-7,10,18-19,26H,8-9,11-15H2/t18-,19+,22?. The number of nitrogens with zero attached hydrogens (tertiary/aromatic N) is 1. The van der Waals surface area contributed by atoms with E-state index in [9.17, 15) is 9.50 Å². The molecule has 1 aliphatic carbocycles. The van der Waals surface area contributed by atoms with Gasteiger partial charge in [0.05, 0.1) is 0 Å². The number of phenols is 1. The zero-order valence-electron chi connectivity index (χ0n) is 14.9. The third-order valence-electron chi connectivity index (χ3n) is 6.00. The predicted molar refractivity (Wildman–Crippen MR) is 98.4 cm³/mol. The number of rotatable bonds is 5. The van der Waals surface area contributed by atoms with Gasteiger partial charge in [-0.05, 0) is 54.4 Å². The van der Waals surface area contributed by atoms with Crippen LogP contribution in [-0.4, -0.2) is 35.3 Å². The molecule has 26 heavy (non-hydrogen) atoms. The topological polar surface area (TPSA) is 23.5 Å². The van der Waals surface area contributed by atoms with E-state index in [4.69, 9.17) is 0 Å². The molecule has 0 spiro atoms. The number of aromatic hydroxyl groups is 1. The Balaban J connectivity index is 1.30. The van der Waals surface area contributed by atoms with Gasteiger partial charge in [-0.1, -0.05) is 36.4 Å². The van der Waals surface area contributed by atoms with Gasteiger partial charge < -0.3 is 10.0 Å². The first-order valence-electron chi connectivity index (χ1n) is 9.43. The quantitative estimate of drug-likeness (QED) is 0.859. The van der Waals surface area contributed by atoms with Gasteiger partial charge in [0.25, 0.3) is 0 Å². The minimum Gasteiger partial charge on any atom is -0.505 e. The summed E-state index contributed by atoms with van der Waals surface area (Å²) in [5.74, 6) is -0.00777. The van der Waals surface area contributed by atoms with Gasteiger partial charge in [0.2, 0.25) is 0 Å². The maximum Gasteiger partial charge on any atom is 0.165 e. The molecular formula is C22H25F2NO. The van der Waals surface area contributed by atoms with Gasteiger partial charge in [0.15, 0.2) is 11.6 Å². The average molecular weight is 357 g/mol. The molecule has 4 heteroatoms. The van der Waals surface area contributed by atoms with Gasteiger partial charge in [-0.3, -0.25) is 0 Å². The zero-order valence-corrected chi connectivity index (χ0v) is 14.9. The molecule has 4 rings (SSSR count). The molecule has 1 unspecified atom stereocenters. The Morgan fingerprint density at radius 1 is 1.00 bits per heavy atom. The van der Waals surface area contributed by atoms with Crippen molar-refractivity contribution in [2.75, 3.05) is 19.6 Å². The lowest BCUT2D eigenvalue weighted by atomic mass is 9.93. The minimum atomic E-state index is -1.07. The third-order valence-corrected chi connectivity index (χ3v) is 6.00. The van der Waals surface area contributed by atoms with Gasteiger partial charge in [-0.2, -0.15) is 0 Å². The summed E-state index contributed by atoms with van der Waals surface area (Å²) in [5, 5.41) is 9.27. The fourth-order valence-corrected chi connectivity index (χ4v) is 4.80. The van der Waals surface area contributed by atoms with Crippen LogP contribution in [0.25, 0.3) is 0 Å². The van der Waals surface area contributed by atoms with Crippen molar-refractivity contribution in [3.8, 4) is 5.75 Å². The van der Waals surface area contributed by atoms with E-state index in [1.54, 1.807) is 6.07 Å². The van der Waals surface area contributed by atoms with Crippen LogP contribution in [0.3, 0.4) is 0 Å². The van der Waals surface area contributed by atoms with Crippen LogP contribution in [0.2, 0.25) is 0 Å². The lowest BCUT2D eigenvalue weighted by molar-refractivity contribution is 0.147. The van der Waals surface area contributed by atoms with E-state index in [0.717, 1.165) is 37.2 Å². The van der Waals surface area contributed by atoms with E-state index in [1.165, 1.54) is 12.1 Å². The van der Waals surface area contributed by atoms with E-state index >= 15 is 4.39 Å². The van der Waals surface area contributed by atoms with E-state index in [1.807, 2.05) is 30.3 Å². The minimum absolute atomic E-state index is 0.304. The van der Waals surface area contributed by atoms with Gasteiger partial charge >= 0.3 is 0 Å². The van der Waals surface area contributed by atoms with Gasteiger partial charge in [0, 0.05) is 26.1 Å². The van der Waals surface area contributed by atoms with E-state index < -0.39 is 11.5 Å². The molecule has 2 aromatic carbocycles. The molecule has 1 saturated carbocycles. The highest BCUT2D eigenvalue weighted by Crippen LogP contribution is 2.47. The van der Waals surface area contributed by atoms with Crippen molar-refractivity contribution in [3.05, 3.63) is 65.5 Å². The van der Waals surface area contributed by atoms with Crippen LogP contribution in [0.5, 0.6) is 5.75 Å². The largest absolute Gasteiger partial charge is 0.505 e. The maximum absolute atomic E-state index is 15.3. The first-order chi connectivity index (χ1) is 12.5. The monoisotopic (exact) mass is 357 g/mol. The zero-order chi connectivity index (χ0) is 18.1. The second kappa shape index (κ2) is 6.99. The van der Waals surface area contributed by atoms with Crippen LogP contribution < -0.4 is 0 Å². The molecule has 1 aliphatic heterocycles. The van der Waals surface area contributed by atoms with Crippen LogP contribution in [0.4, 0.5) is 8.78 Å². The number of likely N-dealkylation sites (tertiary alicyclic amines) is 1. The summed E-state index contributed by atoms with van der Waals surface area (Å²) in [6.07, 6.45) is 2.57. The predicted octanol–water partition coefficient (Wildman–Crippen LogP) is 4.37. The molecular weight excluding hydrogens is 332 g/mol. The molecule has 0 aromatic heterocycles. The molecule has 1 N–H and O–H groups in total. The lowest BCUT2D eigenvalue weighted by Gasteiger charge is -2.24. The van der Waals surface area contributed by atoms with Gasteiger partial charge in [-0.15, -0.1) is 0 Å². The summed E-state index contributed by atoms with van der Waals surface area (Å²) >= 11 is 0. The summed E-state index contributed by atoms with van der Waals surface area (Å²) < 4.78 is 28.7. The Morgan fingerprint density at radius 3 is 2.35 bits per heavy atom. The van der Waals surface area contributed by atoms with Crippen molar-refractivity contribution in [1.82, 2.24) is 4.90 Å². The van der Waals surface area contributed by atoms with Crippen LogP contribution in [0, 0.1) is 17.7 Å². The Morgan fingerprint density at radius 2 is 1.69 bits per heavy atom. The van der Waals surface area contributed by atoms with Crippen LogP contribution in [-0.2, 0) is 12.8 Å². The van der Waals surface area contributed by atoms with Crippen molar-refractivity contribution >= 4 is 0 Å². The van der Waals surface area contributed by atoms with Crippen molar-refractivity contribution in [1.29, 1.82) is 0 Å². The summed E-state index contributed by atoms with van der Waals surface area (Å²) in [6.45, 7) is 2.73. The van der Waals surface area contributed by atoms with E-state index in [2.05, 4.69) is 4.90 Å². The number of hydrogen-bond acceptors (Lipinski definition) is 2. The molecule has 1 saturated heterocycles. The van der Waals surface area contributed by atoms with Crippen LogP contribution >= 0.6 is 0 Å².